The van der Waals surface area contributed by atoms with Crippen LogP contribution in [0.3, 0.4) is 0 Å². The van der Waals surface area contributed by atoms with Crippen LogP contribution in [0.5, 0.6) is 0 Å². The van der Waals surface area contributed by atoms with Gasteiger partial charge in [0.2, 0.25) is 0 Å². The Balaban J connectivity index is 2.16. The summed E-state index contributed by atoms with van der Waals surface area (Å²) in [5.41, 5.74) is -1.01. The van der Waals surface area contributed by atoms with Gasteiger partial charge in [-0.3, -0.25) is 4.98 Å². The molecule has 1 aliphatic rings. The molecule has 0 amide bonds. The maximum atomic E-state index is 12.8. The van der Waals surface area contributed by atoms with Gasteiger partial charge in [-0.1, -0.05) is 0 Å². The van der Waals surface area contributed by atoms with Gasteiger partial charge in [0.25, 0.3) is 0 Å². The normalized spacial score (nSPS) is 22.1. The van der Waals surface area contributed by atoms with Crippen LogP contribution in [-0.2, 0) is 10.9 Å². The van der Waals surface area contributed by atoms with Crippen LogP contribution in [0.25, 0.3) is 0 Å². The molecule has 2 rings (SSSR count). The lowest BCUT2D eigenvalue weighted by atomic mass is 9.99. The molecule has 1 saturated heterocycles. The first kappa shape index (κ1) is 13.3. The molecule has 100 valence electrons. The fourth-order valence-electron chi connectivity index (χ4n) is 2.14. The Morgan fingerprint density at radius 1 is 1.50 bits per heavy atom. The quantitative estimate of drug-likeness (QED) is 0.909. The van der Waals surface area contributed by atoms with Crippen molar-refractivity contribution in [3.63, 3.8) is 0 Å². The third-order valence-corrected chi connectivity index (χ3v) is 3.03. The standard InChI is InChI=1S/C12H14F3NO2/c13-12(14,15)10-3-4-16-7-9(10)11(17)6-8-2-1-5-18-8/h3-4,7-8,11,17H,1-2,5-6H2. The largest absolute Gasteiger partial charge is 0.416 e. The van der Waals surface area contributed by atoms with E-state index in [2.05, 4.69) is 4.98 Å². The van der Waals surface area contributed by atoms with Crippen molar-refractivity contribution in [1.29, 1.82) is 0 Å². The number of ether oxygens (including phenoxy) is 1. The van der Waals surface area contributed by atoms with Crippen molar-refractivity contribution in [2.75, 3.05) is 6.61 Å². The van der Waals surface area contributed by atoms with Crippen molar-refractivity contribution in [3.8, 4) is 0 Å². The number of aliphatic hydroxyl groups is 1. The number of aromatic nitrogens is 1. The Morgan fingerprint density at radius 3 is 2.89 bits per heavy atom. The van der Waals surface area contributed by atoms with E-state index >= 15 is 0 Å². The first-order valence-corrected chi connectivity index (χ1v) is 5.79. The summed E-state index contributed by atoms with van der Waals surface area (Å²) in [6, 6.07) is 0.883. The lowest BCUT2D eigenvalue weighted by Crippen LogP contribution is -2.16. The van der Waals surface area contributed by atoms with Crippen molar-refractivity contribution in [2.45, 2.75) is 37.6 Å². The maximum Gasteiger partial charge on any atom is 0.416 e. The van der Waals surface area contributed by atoms with Crippen molar-refractivity contribution < 1.29 is 23.0 Å². The fourth-order valence-corrected chi connectivity index (χ4v) is 2.14. The molecule has 0 spiro atoms. The highest BCUT2D eigenvalue weighted by atomic mass is 19.4. The van der Waals surface area contributed by atoms with Gasteiger partial charge < -0.3 is 9.84 Å². The summed E-state index contributed by atoms with van der Waals surface area (Å²) in [5.74, 6) is 0. The van der Waals surface area contributed by atoms with Crippen LogP contribution in [0.1, 0.15) is 36.5 Å². The Labute approximate surface area is 103 Å². The third kappa shape index (κ3) is 3.00. The third-order valence-electron chi connectivity index (χ3n) is 3.03. The lowest BCUT2D eigenvalue weighted by Gasteiger charge is -2.19. The average molecular weight is 261 g/mol. The van der Waals surface area contributed by atoms with Gasteiger partial charge in [-0.05, 0) is 18.9 Å². The number of aliphatic hydroxyl groups excluding tert-OH is 1. The smallest absolute Gasteiger partial charge is 0.388 e. The van der Waals surface area contributed by atoms with Crippen molar-refractivity contribution in [2.24, 2.45) is 0 Å². The molecule has 1 fully saturated rings. The highest BCUT2D eigenvalue weighted by Crippen LogP contribution is 2.36. The Hall–Kier alpha value is -1.14. The molecule has 0 saturated carbocycles. The number of halogens is 3. The van der Waals surface area contributed by atoms with E-state index in [-0.39, 0.29) is 18.1 Å². The van der Waals surface area contributed by atoms with Gasteiger partial charge in [0.15, 0.2) is 0 Å². The summed E-state index contributed by atoms with van der Waals surface area (Å²) >= 11 is 0. The molecule has 3 nitrogen and oxygen atoms in total. The summed E-state index contributed by atoms with van der Waals surface area (Å²) in [6.07, 6.45) is -1.85. The van der Waals surface area contributed by atoms with E-state index in [4.69, 9.17) is 4.74 Å². The zero-order valence-electron chi connectivity index (χ0n) is 9.65. The highest BCUT2D eigenvalue weighted by molar-refractivity contribution is 5.28. The molecule has 2 atom stereocenters. The Bertz CT molecular complexity index is 403. The molecule has 0 bridgehead atoms. The SMILES string of the molecule is OC(CC1CCCO1)c1cnccc1C(F)(F)F. The second-order valence-electron chi connectivity index (χ2n) is 4.35. The van der Waals surface area contributed by atoms with E-state index in [1.54, 1.807) is 0 Å². The second-order valence-corrected chi connectivity index (χ2v) is 4.35. The van der Waals surface area contributed by atoms with E-state index < -0.39 is 17.8 Å². The van der Waals surface area contributed by atoms with Crippen LogP contribution in [0.15, 0.2) is 18.5 Å². The van der Waals surface area contributed by atoms with Crippen LogP contribution in [0.4, 0.5) is 13.2 Å². The number of rotatable bonds is 3. The zero-order chi connectivity index (χ0) is 13.2. The van der Waals surface area contributed by atoms with E-state index in [9.17, 15) is 18.3 Å². The molecule has 6 heteroatoms. The fraction of sp³-hybridized carbons (Fsp3) is 0.583. The average Bonchev–Trinajstić information content (AvgIpc) is 2.80. The van der Waals surface area contributed by atoms with Gasteiger partial charge in [-0.15, -0.1) is 0 Å². The number of hydrogen-bond acceptors (Lipinski definition) is 3. The molecular weight excluding hydrogens is 247 g/mol. The minimum Gasteiger partial charge on any atom is -0.388 e. The van der Waals surface area contributed by atoms with Crippen LogP contribution >= 0.6 is 0 Å². The second kappa shape index (κ2) is 5.24. The molecule has 2 unspecified atom stereocenters. The molecule has 18 heavy (non-hydrogen) atoms. The van der Waals surface area contributed by atoms with E-state index in [0.29, 0.717) is 6.61 Å². The predicted molar refractivity (Wildman–Crippen MR) is 57.8 cm³/mol. The maximum absolute atomic E-state index is 12.8. The summed E-state index contributed by atoms with van der Waals surface area (Å²) in [7, 11) is 0. The Kier molecular flexibility index (Phi) is 3.87. The van der Waals surface area contributed by atoms with Crippen LogP contribution in [-0.4, -0.2) is 22.8 Å². The molecule has 1 aromatic rings. The molecule has 1 N–H and O–H groups in total. The summed E-state index contributed by atoms with van der Waals surface area (Å²) < 4.78 is 43.6. The number of nitrogens with zero attached hydrogens (tertiary/aromatic N) is 1. The summed E-state index contributed by atoms with van der Waals surface area (Å²) in [4.78, 5) is 3.65. The monoisotopic (exact) mass is 261 g/mol. The molecule has 1 aromatic heterocycles. The van der Waals surface area contributed by atoms with Gasteiger partial charge in [0.1, 0.15) is 0 Å². The van der Waals surface area contributed by atoms with Gasteiger partial charge >= 0.3 is 6.18 Å². The summed E-state index contributed by atoms with van der Waals surface area (Å²) in [6.45, 7) is 0.608. The molecule has 0 aromatic carbocycles. The van der Waals surface area contributed by atoms with E-state index in [1.165, 1.54) is 0 Å². The number of alkyl halides is 3. The number of hydrogen-bond donors (Lipinski definition) is 1. The zero-order valence-corrected chi connectivity index (χ0v) is 9.65. The topological polar surface area (TPSA) is 42.4 Å². The van der Waals surface area contributed by atoms with Crippen molar-refractivity contribution >= 4 is 0 Å². The lowest BCUT2D eigenvalue weighted by molar-refractivity contribution is -0.139. The first-order valence-electron chi connectivity index (χ1n) is 5.79. The molecular formula is C12H14F3NO2. The van der Waals surface area contributed by atoms with Crippen LogP contribution in [0.2, 0.25) is 0 Å². The molecule has 2 heterocycles. The number of pyridine rings is 1. The highest BCUT2D eigenvalue weighted by Gasteiger charge is 2.35. The van der Waals surface area contributed by atoms with Crippen molar-refractivity contribution in [1.82, 2.24) is 4.98 Å². The van der Waals surface area contributed by atoms with E-state index in [1.807, 2.05) is 0 Å². The van der Waals surface area contributed by atoms with Gasteiger partial charge in [0.05, 0.1) is 17.8 Å². The van der Waals surface area contributed by atoms with Gasteiger partial charge in [0, 0.05) is 31.0 Å². The first-order chi connectivity index (χ1) is 8.48. The van der Waals surface area contributed by atoms with E-state index in [0.717, 1.165) is 31.3 Å². The van der Waals surface area contributed by atoms with Gasteiger partial charge in [-0.25, -0.2) is 0 Å². The Morgan fingerprint density at radius 2 is 2.28 bits per heavy atom. The summed E-state index contributed by atoms with van der Waals surface area (Å²) in [5, 5.41) is 9.91. The molecule has 0 aliphatic carbocycles. The minimum atomic E-state index is -4.48. The molecule has 0 radical (unpaired) electrons. The van der Waals surface area contributed by atoms with Crippen LogP contribution in [0, 0.1) is 0 Å². The minimum absolute atomic E-state index is 0.165. The predicted octanol–water partition coefficient (Wildman–Crippen LogP) is 2.70. The van der Waals surface area contributed by atoms with Crippen molar-refractivity contribution in [3.05, 3.63) is 29.6 Å². The van der Waals surface area contributed by atoms with Gasteiger partial charge in [-0.2, -0.15) is 13.2 Å². The molecule has 1 aliphatic heterocycles. The van der Waals surface area contributed by atoms with Crippen LogP contribution < -0.4 is 0 Å².